The van der Waals surface area contributed by atoms with Crippen molar-refractivity contribution in [2.45, 2.75) is 59.3 Å². The van der Waals surface area contributed by atoms with E-state index in [1.165, 1.54) is 0 Å². The molecule has 0 saturated heterocycles. The Hall–Kier alpha value is -4.64. The second-order valence-electron chi connectivity index (χ2n) is 10.2. The van der Waals surface area contributed by atoms with Gasteiger partial charge in [-0.1, -0.05) is 55.5 Å². The number of aromatic nitrogens is 2. The van der Waals surface area contributed by atoms with E-state index in [9.17, 15) is 14.7 Å². The lowest BCUT2D eigenvalue weighted by atomic mass is 9.98. The Kier molecular flexibility index (Phi) is 7.80. The third-order valence-corrected chi connectivity index (χ3v) is 6.69. The van der Waals surface area contributed by atoms with Crippen molar-refractivity contribution in [3.63, 3.8) is 0 Å². The van der Waals surface area contributed by atoms with Gasteiger partial charge < -0.3 is 23.2 Å². The highest BCUT2D eigenvalue weighted by atomic mass is 16.6. The Bertz CT molecular complexity index is 1690. The summed E-state index contributed by atoms with van der Waals surface area (Å²) in [6.07, 6.45) is 1.38. The third-order valence-electron chi connectivity index (χ3n) is 6.69. The Morgan fingerprint density at radius 3 is 2.44 bits per heavy atom. The molecule has 1 N–H and O–H groups in total. The van der Waals surface area contributed by atoms with Crippen LogP contribution < -0.4 is 5.82 Å². The van der Waals surface area contributed by atoms with Crippen LogP contribution in [0.25, 0.3) is 11.1 Å². The predicted molar refractivity (Wildman–Crippen MR) is 150 cm³/mol. The average molecular weight is 558 g/mol. The number of aliphatic hydroxyl groups is 1. The summed E-state index contributed by atoms with van der Waals surface area (Å²) in [4.78, 5) is 33.9. The summed E-state index contributed by atoms with van der Waals surface area (Å²) in [5, 5.41) is 19.0. The van der Waals surface area contributed by atoms with E-state index in [-0.39, 0.29) is 29.5 Å². The topological polar surface area (TPSA) is 145 Å². The number of amidine groups is 1. The number of nitrogens with zero attached hydrogens (tertiary/aromatic N) is 5. The van der Waals surface area contributed by atoms with Crippen LogP contribution in [-0.2, 0) is 29.9 Å². The van der Waals surface area contributed by atoms with E-state index >= 15 is 0 Å². The van der Waals surface area contributed by atoms with Crippen molar-refractivity contribution in [2.75, 3.05) is 6.67 Å². The molecule has 0 amide bonds. The molecule has 2 aromatic carbocycles. The van der Waals surface area contributed by atoms with E-state index in [0.29, 0.717) is 31.3 Å². The molecule has 3 heterocycles. The molecule has 5 rings (SSSR count). The highest BCUT2D eigenvalue weighted by Crippen LogP contribution is 2.29. The van der Waals surface area contributed by atoms with Gasteiger partial charge in [0.15, 0.2) is 36.3 Å². The molecule has 1 aliphatic rings. The van der Waals surface area contributed by atoms with E-state index in [2.05, 4.69) is 20.2 Å². The van der Waals surface area contributed by atoms with Crippen molar-refractivity contribution >= 4 is 11.8 Å². The fraction of sp³-hybridized carbons (Fsp3) is 0.333. The van der Waals surface area contributed by atoms with Crippen LogP contribution in [0, 0.1) is 6.92 Å². The SMILES string of the molecule is CCCc1nc(C(C)(C)O)c(C(=O)OCc2oc(=O)oc2C)n1Cc1ccc(-c2ccccc2C2=NCN=N2)cc1. The molecule has 11 heteroatoms. The molecule has 0 fully saturated rings. The number of carbonyl (C=O) groups excluding carboxylic acids is 1. The van der Waals surface area contributed by atoms with Gasteiger partial charge in [0.1, 0.15) is 17.1 Å². The first-order valence-corrected chi connectivity index (χ1v) is 13.3. The number of aryl methyl sites for hydroxylation is 2. The Morgan fingerprint density at radius 1 is 1.10 bits per heavy atom. The highest BCUT2D eigenvalue weighted by molar-refractivity contribution is 6.05. The summed E-state index contributed by atoms with van der Waals surface area (Å²) >= 11 is 0. The van der Waals surface area contributed by atoms with Gasteiger partial charge in [0.25, 0.3) is 0 Å². The normalized spacial score (nSPS) is 13.0. The number of azo groups is 1. The molecule has 41 heavy (non-hydrogen) atoms. The van der Waals surface area contributed by atoms with Gasteiger partial charge in [-0.3, -0.25) is 0 Å². The van der Waals surface area contributed by atoms with Gasteiger partial charge in [-0.15, -0.1) is 5.11 Å². The van der Waals surface area contributed by atoms with Gasteiger partial charge in [-0.2, -0.15) is 5.11 Å². The number of imidazole rings is 1. The first kappa shape index (κ1) is 27.9. The van der Waals surface area contributed by atoms with E-state index in [0.717, 1.165) is 28.7 Å². The molecule has 4 aromatic rings. The van der Waals surface area contributed by atoms with Gasteiger partial charge in [-0.25, -0.2) is 19.6 Å². The van der Waals surface area contributed by atoms with Gasteiger partial charge in [0.05, 0.1) is 0 Å². The van der Waals surface area contributed by atoms with Crippen molar-refractivity contribution in [1.29, 1.82) is 0 Å². The average Bonchev–Trinajstić information content (AvgIpc) is 3.67. The molecule has 0 bridgehead atoms. The standard InChI is InChI=1S/C30H31N5O6/c1-5-8-24-33-26(30(3,4)38)25(28(36)39-16-23-18(2)40-29(37)41-23)35(24)15-19-11-13-20(14-12-19)21-9-6-7-10-22(21)27-31-17-32-34-27/h6-7,9-14,38H,5,8,15-17H2,1-4H3. The number of ether oxygens (including phenoxy) is 1. The molecule has 212 valence electrons. The molecule has 0 aliphatic carbocycles. The minimum Gasteiger partial charge on any atom is -0.453 e. The number of hydrogen-bond donors (Lipinski definition) is 1. The van der Waals surface area contributed by atoms with E-state index in [1.54, 1.807) is 25.3 Å². The largest absolute Gasteiger partial charge is 0.519 e. The molecule has 11 nitrogen and oxygen atoms in total. The zero-order valence-electron chi connectivity index (χ0n) is 23.4. The first-order valence-electron chi connectivity index (χ1n) is 13.3. The fourth-order valence-electron chi connectivity index (χ4n) is 4.69. The van der Waals surface area contributed by atoms with E-state index in [4.69, 9.17) is 13.6 Å². The molecule has 0 atom stereocenters. The van der Waals surface area contributed by atoms with Crippen molar-refractivity contribution in [1.82, 2.24) is 9.55 Å². The van der Waals surface area contributed by atoms with Crippen molar-refractivity contribution < 1.29 is 23.5 Å². The lowest BCUT2D eigenvalue weighted by molar-refractivity contribution is 0.0395. The Labute approximate surface area is 236 Å². The Balaban J connectivity index is 1.47. The van der Waals surface area contributed by atoms with Crippen LogP contribution in [0.5, 0.6) is 0 Å². The van der Waals surface area contributed by atoms with Crippen LogP contribution in [0.3, 0.4) is 0 Å². The van der Waals surface area contributed by atoms with Crippen molar-refractivity contribution in [3.05, 3.63) is 99.0 Å². The molecule has 0 spiro atoms. The predicted octanol–water partition coefficient (Wildman–Crippen LogP) is 5.16. The molecule has 2 aromatic heterocycles. The summed E-state index contributed by atoms with van der Waals surface area (Å²) in [5.74, 6) is 0.0513. The van der Waals surface area contributed by atoms with Crippen LogP contribution in [0.15, 0.2) is 77.4 Å². The minimum atomic E-state index is -1.41. The number of aliphatic imine (C=N–C) groups is 1. The second-order valence-corrected chi connectivity index (χ2v) is 10.2. The maximum atomic E-state index is 13.5. The monoisotopic (exact) mass is 557 g/mol. The molecule has 0 radical (unpaired) electrons. The summed E-state index contributed by atoms with van der Waals surface area (Å²) < 4.78 is 17.1. The number of esters is 1. The molecule has 0 unspecified atom stereocenters. The zero-order chi connectivity index (χ0) is 29.1. The van der Waals surface area contributed by atoms with Crippen LogP contribution in [0.4, 0.5) is 0 Å². The molecule has 1 aliphatic heterocycles. The molecular formula is C30H31N5O6. The number of rotatable bonds is 10. The van der Waals surface area contributed by atoms with Crippen LogP contribution in [-0.4, -0.2) is 33.1 Å². The fourth-order valence-corrected chi connectivity index (χ4v) is 4.69. The lowest BCUT2D eigenvalue weighted by Gasteiger charge is -2.18. The van der Waals surface area contributed by atoms with Crippen LogP contribution in [0.1, 0.15) is 71.8 Å². The summed E-state index contributed by atoms with van der Waals surface area (Å²) in [6.45, 7) is 7.08. The third kappa shape index (κ3) is 5.94. The molecular weight excluding hydrogens is 526 g/mol. The highest BCUT2D eigenvalue weighted by Gasteiger charge is 2.33. The van der Waals surface area contributed by atoms with Gasteiger partial charge in [0, 0.05) is 18.5 Å². The zero-order valence-corrected chi connectivity index (χ0v) is 23.4. The maximum Gasteiger partial charge on any atom is 0.519 e. The number of benzene rings is 2. The summed E-state index contributed by atoms with van der Waals surface area (Å²) in [5.41, 5.74) is 2.76. The molecule has 0 saturated carbocycles. The summed E-state index contributed by atoms with van der Waals surface area (Å²) in [7, 11) is 0. The number of hydrogen-bond acceptors (Lipinski definition) is 10. The quantitative estimate of drug-likeness (QED) is 0.265. The second kappa shape index (κ2) is 11.5. The van der Waals surface area contributed by atoms with E-state index < -0.39 is 17.4 Å². The Morgan fingerprint density at radius 2 is 1.83 bits per heavy atom. The minimum absolute atomic E-state index is 0.119. The van der Waals surface area contributed by atoms with Gasteiger partial charge >= 0.3 is 11.8 Å². The van der Waals surface area contributed by atoms with Crippen LogP contribution >= 0.6 is 0 Å². The summed E-state index contributed by atoms with van der Waals surface area (Å²) in [6, 6.07) is 15.9. The maximum absolute atomic E-state index is 13.5. The first-order chi connectivity index (χ1) is 19.7. The van der Waals surface area contributed by atoms with Crippen molar-refractivity contribution in [2.24, 2.45) is 15.2 Å². The van der Waals surface area contributed by atoms with Crippen molar-refractivity contribution in [3.8, 4) is 11.1 Å². The van der Waals surface area contributed by atoms with Gasteiger partial charge in [-0.05, 0) is 43.9 Å². The smallest absolute Gasteiger partial charge is 0.453 e. The lowest BCUT2D eigenvalue weighted by Crippen LogP contribution is -2.23. The van der Waals surface area contributed by atoms with Crippen LogP contribution in [0.2, 0.25) is 0 Å². The van der Waals surface area contributed by atoms with E-state index in [1.807, 2.05) is 55.5 Å². The number of carbonyl (C=O) groups is 1. The van der Waals surface area contributed by atoms with Gasteiger partial charge in [0.2, 0.25) is 0 Å².